The van der Waals surface area contributed by atoms with Crippen molar-refractivity contribution in [1.82, 2.24) is 24.6 Å². The van der Waals surface area contributed by atoms with Crippen LogP contribution in [0, 0.1) is 0 Å². The van der Waals surface area contributed by atoms with E-state index in [1.165, 1.54) is 38.1 Å². The fourth-order valence-corrected chi connectivity index (χ4v) is 5.17. The van der Waals surface area contributed by atoms with E-state index in [4.69, 9.17) is 4.74 Å². The third-order valence-corrected chi connectivity index (χ3v) is 6.83. The van der Waals surface area contributed by atoms with Crippen LogP contribution in [0.1, 0.15) is 41.5 Å². The van der Waals surface area contributed by atoms with Gasteiger partial charge in [0.25, 0.3) is 0 Å². The second kappa shape index (κ2) is 7.93. The molecule has 2 aliphatic heterocycles. The molecule has 0 amide bonds. The molecule has 1 aromatic carbocycles. The highest BCUT2D eigenvalue weighted by atomic mass is 16.5. The van der Waals surface area contributed by atoms with Crippen LogP contribution >= 0.6 is 0 Å². The van der Waals surface area contributed by atoms with E-state index in [9.17, 15) is 0 Å². The van der Waals surface area contributed by atoms with Gasteiger partial charge in [0.2, 0.25) is 0 Å². The summed E-state index contributed by atoms with van der Waals surface area (Å²) in [5, 5.41) is 9.19. The Labute approximate surface area is 167 Å². The Hall–Kier alpha value is -1.76. The highest BCUT2D eigenvalue weighted by Crippen LogP contribution is 2.32. The predicted octanol–water partition coefficient (Wildman–Crippen LogP) is 1.99. The molecule has 1 atom stereocenters. The Balaban J connectivity index is 1.25. The van der Waals surface area contributed by atoms with Gasteiger partial charge in [0.05, 0.1) is 19.8 Å². The summed E-state index contributed by atoms with van der Waals surface area (Å²) in [5.74, 6) is 2.75. The van der Waals surface area contributed by atoms with Gasteiger partial charge in [-0.15, -0.1) is 10.2 Å². The Bertz CT molecular complexity index is 788. The lowest BCUT2D eigenvalue weighted by atomic mass is 9.95. The molecule has 2 fully saturated rings. The molecule has 28 heavy (non-hydrogen) atoms. The van der Waals surface area contributed by atoms with Crippen molar-refractivity contribution in [2.45, 2.75) is 44.2 Å². The molecule has 6 nitrogen and oxygen atoms in total. The minimum atomic E-state index is 0.494. The Morgan fingerprint density at radius 1 is 1.04 bits per heavy atom. The lowest BCUT2D eigenvalue weighted by Crippen LogP contribution is -2.43. The van der Waals surface area contributed by atoms with Crippen LogP contribution in [0.4, 0.5) is 0 Å². The van der Waals surface area contributed by atoms with E-state index < -0.39 is 0 Å². The topological polar surface area (TPSA) is 46.4 Å². The second-order valence-corrected chi connectivity index (χ2v) is 8.59. The summed E-state index contributed by atoms with van der Waals surface area (Å²) in [4.78, 5) is 5.13. The van der Waals surface area contributed by atoms with Gasteiger partial charge in [-0.05, 0) is 43.4 Å². The number of rotatable bonds is 4. The van der Waals surface area contributed by atoms with Crippen LogP contribution in [0.5, 0.6) is 0 Å². The monoisotopic (exact) mass is 381 g/mol. The number of hydrogen-bond donors (Lipinski definition) is 0. The molecular weight excluding hydrogens is 350 g/mol. The molecule has 6 heteroatoms. The highest BCUT2D eigenvalue weighted by molar-refractivity contribution is 5.33. The molecule has 1 aliphatic carbocycles. The first-order valence-electron chi connectivity index (χ1n) is 10.8. The first kappa shape index (κ1) is 18.3. The van der Waals surface area contributed by atoms with Gasteiger partial charge in [-0.2, -0.15) is 0 Å². The van der Waals surface area contributed by atoms with E-state index >= 15 is 0 Å². The maximum Gasteiger partial charge on any atom is 0.146 e. The summed E-state index contributed by atoms with van der Waals surface area (Å²) in [5.41, 5.74) is 3.09. The molecule has 5 rings (SSSR count). The zero-order valence-electron chi connectivity index (χ0n) is 16.9. The van der Waals surface area contributed by atoms with E-state index in [0.29, 0.717) is 12.0 Å². The largest absolute Gasteiger partial charge is 0.379 e. The van der Waals surface area contributed by atoms with E-state index in [-0.39, 0.29) is 0 Å². The van der Waals surface area contributed by atoms with Crippen molar-refractivity contribution in [3.05, 3.63) is 47.0 Å². The van der Waals surface area contributed by atoms with Gasteiger partial charge in [0, 0.05) is 38.6 Å². The summed E-state index contributed by atoms with van der Waals surface area (Å²) < 4.78 is 7.72. The zero-order valence-corrected chi connectivity index (χ0v) is 16.9. The van der Waals surface area contributed by atoms with Gasteiger partial charge in [-0.1, -0.05) is 24.3 Å². The third kappa shape index (κ3) is 3.61. The van der Waals surface area contributed by atoms with Gasteiger partial charge in [-0.3, -0.25) is 9.80 Å². The smallest absolute Gasteiger partial charge is 0.146 e. The van der Waals surface area contributed by atoms with E-state index in [1.807, 2.05) is 0 Å². The molecule has 0 saturated carbocycles. The normalized spacial score (nSPS) is 24.5. The highest BCUT2D eigenvalue weighted by Gasteiger charge is 2.32. The van der Waals surface area contributed by atoms with Crippen LogP contribution in [-0.2, 0) is 31.2 Å². The fraction of sp³-hybridized carbons (Fsp3) is 0.636. The van der Waals surface area contributed by atoms with Crippen molar-refractivity contribution < 1.29 is 4.74 Å². The number of hydrogen-bond acceptors (Lipinski definition) is 5. The van der Waals surface area contributed by atoms with E-state index in [2.05, 4.69) is 55.9 Å². The number of aromatic nitrogens is 3. The van der Waals surface area contributed by atoms with E-state index in [0.717, 1.165) is 45.2 Å². The van der Waals surface area contributed by atoms with Crippen molar-refractivity contribution >= 4 is 0 Å². The fourth-order valence-electron chi connectivity index (χ4n) is 5.17. The number of nitrogens with zero attached hydrogens (tertiary/aromatic N) is 5. The Morgan fingerprint density at radius 2 is 1.79 bits per heavy atom. The van der Waals surface area contributed by atoms with E-state index in [1.54, 1.807) is 11.1 Å². The molecule has 2 saturated heterocycles. The number of piperidine rings is 1. The molecule has 0 radical (unpaired) electrons. The van der Waals surface area contributed by atoms with Crippen molar-refractivity contribution in [3.8, 4) is 0 Å². The third-order valence-electron chi connectivity index (χ3n) is 6.83. The van der Waals surface area contributed by atoms with Gasteiger partial charge in [0.15, 0.2) is 0 Å². The molecular formula is C22H31N5O. The van der Waals surface area contributed by atoms with Gasteiger partial charge in [-0.25, -0.2) is 0 Å². The number of likely N-dealkylation sites (tertiary alicyclic amines) is 1. The first-order valence-corrected chi connectivity index (χ1v) is 10.8. The summed E-state index contributed by atoms with van der Waals surface area (Å²) >= 11 is 0. The number of fused-ring (bicyclic) bond motifs is 1. The number of benzene rings is 1. The average molecular weight is 382 g/mol. The number of morpholine rings is 1. The molecule has 0 bridgehead atoms. The van der Waals surface area contributed by atoms with Crippen molar-refractivity contribution in [3.63, 3.8) is 0 Å². The molecule has 0 unspecified atom stereocenters. The van der Waals surface area contributed by atoms with Gasteiger partial charge >= 0.3 is 0 Å². The summed E-state index contributed by atoms with van der Waals surface area (Å²) in [7, 11) is 2.15. The first-order chi connectivity index (χ1) is 13.8. The minimum absolute atomic E-state index is 0.494. The molecule has 3 aliphatic rings. The number of ether oxygens (including phenoxy) is 1. The summed E-state index contributed by atoms with van der Waals surface area (Å²) in [6, 6.07) is 9.61. The van der Waals surface area contributed by atoms with Crippen LogP contribution in [0.15, 0.2) is 24.3 Å². The average Bonchev–Trinajstić information content (AvgIpc) is 3.33. The van der Waals surface area contributed by atoms with Crippen molar-refractivity contribution in [1.29, 1.82) is 0 Å². The maximum atomic E-state index is 5.46. The van der Waals surface area contributed by atoms with Crippen LogP contribution < -0.4 is 0 Å². The predicted molar refractivity (Wildman–Crippen MR) is 108 cm³/mol. The van der Waals surface area contributed by atoms with Crippen molar-refractivity contribution in [2.24, 2.45) is 7.05 Å². The lowest BCUT2D eigenvalue weighted by Gasteiger charge is -2.36. The standard InChI is InChI=1S/C22H31N5O/c1-25-21(16-26-9-11-28-12-10-26)23-24-22(25)19-7-4-8-27(15-19)20-13-17-5-2-3-6-18(17)14-20/h2-3,5-6,19-20H,4,7-16H2,1H3/t19-/m1/s1. The SMILES string of the molecule is Cn1c(CN2CCOCC2)nnc1[C@@H]1CCCN(C2Cc3ccccc3C2)C1. The zero-order chi connectivity index (χ0) is 18.9. The van der Waals surface area contributed by atoms with Crippen molar-refractivity contribution in [2.75, 3.05) is 39.4 Å². The van der Waals surface area contributed by atoms with Crippen LogP contribution in [0.25, 0.3) is 0 Å². The molecule has 0 spiro atoms. The molecule has 0 N–H and O–H groups in total. The van der Waals surface area contributed by atoms with Gasteiger partial charge < -0.3 is 9.30 Å². The minimum Gasteiger partial charge on any atom is -0.379 e. The molecule has 2 aromatic rings. The quantitative estimate of drug-likeness (QED) is 0.811. The second-order valence-electron chi connectivity index (χ2n) is 8.59. The Morgan fingerprint density at radius 3 is 2.54 bits per heavy atom. The molecule has 1 aromatic heterocycles. The molecule has 150 valence electrons. The summed E-state index contributed by atoms with van der Waals surface area (Å²) in [6.45, 7) is 6.83. The Kier molecular flexibility index (Phi) is 5.18. The van der Waals surface area contributed by atoms with Crippen LogP contribution in [-0.4, -0.2) is 70.0 Å². The molecule has 3 heterocycles. The van der Waals surface area contributed by atoms with Crippen LogP contribution in [0.2, 0.25) is 0 Å². The maximum absolute atomic E-state index is 5.46. The lowest BCUT2D eigenvalue weighted by molar-refractivity contribution is 0.0326. The van der Waals surface area contributed by atoms with Gasteiger partial charge in [0.1, 0.15) is 11.6 Å². The van der Waals surface area contributed by atoms with Crippen LogP contribution in [0.3, 0.4) is 0 Å². The summed E-state index contributed by atoms with van der Waals surface area (Å²) in [6.07, 6.45) is 4.87.